The summed E-state index contributed by atoms with van der Waals surface area (Å²) in [6.45, 7) is 5.72. The molecule has 0 aliphatic heterocycles. The van der Waals surface area contributed by atoms with Crippen LogP contribution in [0.3, 0.4) is 0 Å². The lowest BCUT2D eigenvalue weighted by molar-refractivity contribution is -0.144. The molecule has 1 N–H and O–H groups in total. The number of ether oxygens (including phenoxy) is 1. The summed E-state index contributed by atoms with van der Waals surface area (Å²) in [4.78, 5) is 22.2. The molecular weight excluding hydrogens is 226 g/mol. The van der Waals surface area contributed by atoms with Crippen molar-refractivity contribution in [1.29, 1.82) is 0 Å². The van der Waals surface area contributed by atoms with Gasteiger partial charge in [0.15, 0.2) is 0 Å². The predicted octanol–water partition coefficient (Wildman–Crippen LogP) is 1.44. The molecule has 4 nitrogen and oxygen atoms in total. The number of hydrogen-bond acceptors (Lipinski definition) is 4. The average molecular weight is 247 g/mol. The second-order valence-electron chi connectivity index (χ2n) is 4.03. The Hall–Kier alpha value is -0.710. The van der Waals surface area contributed by atoms with Crippen molar-refractivity contribution in [2.24, 2.45) is 5.92 Å². The van der Waals surface area contributed by atoms with Crippen molar-refractivity contribution in [2.45, 2.75) is 33.2 Å². The first-order chi connectivity index (χ1) is 7.47. The van der Waals surface area contributed by atoms with Gasteiger partial charge < -0.3 is 10.1 Å². The Morgan fingerprint density at radius 1 is 1.38 bits per heavy atom. The Labute approximate surface area is 101 Å². The van der Waals surface area contributed by atoms with Crippen LogP contribution in [0.2, 0.25) is 0 Å². The highest BCUT2D eigenvalue weighted by Crippen LogP contribution is 2.10. The van der Waals surface area contributed by atoms with Gasteiger partial charge in [-0.2, -0.15) is 11.8 Å². The summed E-state index contributed by atoms with van der Waals surface area (Å²) >= 11 is 1.66. The number of carbonyl (C=O) groups excluding carboxylic acids is 2. The van der Waals surface area contributed by atoms with Gasteiger partial charge in [0.05, 0.1) is 7.11 Å². The summed E-state index contributed by atoms with van der Waals surface area (Å²) in [6, 6.07) is -0.528. The molecular formula is C11H21NO3S. The number of methoxy groups -OCH3 is 1. The third-order valence-electron chi connectivity index (χ3n) is 1.99. The Morgan fingerprint density at radius 2 is 2.00 bits per heavy atom. The lowest BCUT2D eigenvalue weighted by Crippen LogP contribution is -2.42. The van der Waals surface area contributed by atoms with E-state index in [1.54, 1.807) is 11.8 Å². The van der Waals surface area contributed by atoms with Crippen LogP contribution in [-0.4, -0.2) is 36.5 Å². The highest BCUT2D eigenvalue weighted by atomic mass is 32.2. The summed E-state index contributed by atoms with van der Waals surface area (Å²) in [5.74, 6) is 1.63. The molecule has 1 amide bonds. The fourth-order valence-electron chi connectivity index (χ4n) is 1.08. The lowest BCUT2D eigenvalue weighted by Gasteiger charge is -2.15. The maximum absolute atomic E-state index is 11.3. The number of hydrogen-bond donors (Lipinski definition) is 1. The van der Waals surface area contributed by atoms with Gasteiger partial charge in [-0.3, -0.25) is 4.79 Å². The number of esters is 1. The summed E-state index contributed by atoms with van der Waals surface area (Å²) < 4.78 is 4.62. The van der Waals surface area contributed by atoms with E-state index in [0.717, 1.165) is 12.2 Å². The number of thioether (sulfide) groups is 1. The van der Waals surface area contributed by atoms with E-state index in [1.807, 2.05) is 0 Å². The Balaban J connectivity index is 3.92. The molecule has 0 saturated heterocycles. The first-order valence-electron chi connectivity index (χ1n) is 5.40. The maximum atomic E-state index is 11.3. The van der Waals surface area contributed by atoms with Crippen LogP contribution >= 0.6 is 11.8 Å². The third kappa shape index (κ3) is 7.56. The SMILES string of the molecule is COC(=O)C(CSCCC(C)C)NC(C)=O. The minimum Gasteiger partial charge on any atom is -0.467 e. The van der Waals surface area contributed by atoms with E-state index in [-0.39, 0.29) is 11.9 Å². The zero-order valence-corrected chi connectivity index (χ0v) is 11.2. The molecule has 0 aromatic heterocycles. The smallest absolute Gasteiger partial charge is 0.329 e. The van der Waals surface area contributed by atoms with Crippen molar-refractivity contribution < 1.29 is 14.3 Å². The zero-order chi connectivity index (χ0) is 12.6. The van der Waals surface area contributed by atoms with Crippen molar-refractivity contribution >= 4 is 23.6 Å². The van der Waals surface area contributed by atoms with E-state index >= 15 is 0 Å². The molecule has 0 bridgehead atoms. The summed E-state index contributed by atoms with van der Waals surface area (Å²) in [7, 11) is 1.33. The second-order valence-corrected chi connectivity index (χ2v) is 5.18. The molecule has 94 valence electrons. The largest absolute Gasteiger partial charge is 0.467 e. The van der Waals surface area contributed by atoms with E-state index in [4.69, 9.17) is 0 Å². The van der Waals surface area contributed by atoms with E-state index in [9.17, 15) is 9.59 Å². The fraction of sp³-hybridized carbons (Fsp3) is 0.818. The van der Waals surface area contributed by atoms with Gasteiger partial charge in [0.2, 0.25) is 5.91 Å². The number of rotatable bonds is 7. The van der Waals surface area contributed by atoms with E-state index < -0.39 is 6.04 Å². The van der Waals surface area contributed by atoms with Gasteiger partial charge in [-0.25, -0.2) is 4.79 Å². The second kappa shape index (κ2) is 8.44. The Morgan fingerprint density at radius 3 is 2.44 bits per heavy atom. The molecule has 0 aromatic rings. The van der Waals surface area contributed by atoms with Crippen molar-refractivity contribution in [3.05, 3.63) is 0 Å². The average Bonchev–Trinajstić information content (AvgIpc) is 2.20. The Bertz CT molecular complexity index is 231. The topological polar surface area (TPSA) is 55.4 Å². The van der Waals surface area contributed by atoms with Crippen molar-refractivity contribution in [3.63, 3.8) is 0 Å². The van der Waals surface area contributed by atoms with E-state index in [2.05, 4.69) is 23.9 Å². The molecule has 16 heavy (non-hydrogen) atoms. The van der Waals surface area contributed by atoms with Crippen LogP contribution in [0.4, 0.5) is 0 Å². The predicted molar refractivity (Wildman–Crippen MR) is 66.4 cm³/mol. The molecule has 0 saturated carbocycles. The first kappa shape index (κ1) is 15.3. The van der Waals surface area contributed by atoms with Gasteiger partial charge in [-0.05, 0) is 18.1 Å². The number of amides is 1. The van der Waals surface area contributed by atoms with E-state index in [0.29, 0.717) is 11.7 Å². The monoisotopic (exact) mass is 247 g/mol. The number of nitrogens with one attached hydrogen (secondary N) is 1. The fourth-order valence-corrected chi connectivity index (χ4v) is 2.34. The van der Waals surface area contributed by atoms with Crippen LogP contribution in [0.5, 0.6) is 0 Å². The van der Waals surface area contributed by atoms with Crippen LogP contribution in [0.25, 0.3) is 0 Å². The van der Waals surface area contributed by atoms with Gasteiger partial charge in [0.1, 0.15) is 6.04 Å². The zero-order valence-electron chi connectivity index (χ0n) is 10.4. The van der Waals surface area contributed by atoms with Crippen molar-refractivity contribution in [3.8, 4) is 0 Å². The number of carbonyl (C=O) groups is 2. The lowest BCUT2D eigenvalue weighted by atomic mass is 10.2. The van der Waals surface area contributed by atoms with Crippen molar-refractivity contribution in [1.82, 2.24) is 5.32 Å². The highest BCUT2D eigenvalue weighted by Gasteiger charge is 2.19. The minimum absolute atomic E-state index is 0.208. The van der Waals surface area contributed by atoms with Gasteiger partial charge in [-0.1, -0.05) is 13.8 Å². The molecule has 0 aliphatic carbocycles. The van der Waals surface area contributed by atoms with Gasteiger partial charge in [0.25, 0.3) is 0 Å². The molecule has 0 aliphatic rings. The maximum Gasteiger partial charge on any atom is 0.329 e. The van der Waals surface area contributed by atoms with Crippen LogP contribution in [-0.2, 0) is 14.3 Å². The molecule has 0 aromatic carbocycles. The molecule has 0 radical (unpaired) electrons. The van der Waals surface area contributed by atoms with Crippen LogP contribution in [0.1, 0.15) is 27.2 Å². The molecule has 0 fully saturated rings. The summed E-state index contributed by atoms with van der Waals surface area (Å²) in [5, 5.41) is 2.58. The summed E-state index contributed by atoms with van der Waals surface area (Å²) in [6.07, 6.45) is 1.11. The molecule has 0 heterocycles. The van der Waals surface area contributed by atoms with Crippen molar-refractivity contribution in [2.75, 3.05) is 18.6 Å². The molecule has 1 unspecified atom stereocenters. The van der Waals surface area contributed by atoms with Gasteiger partial charge in [0, 0.05) is 12.7 Å². The summed E-state index contributed by atoms with van der Waals surface area (Å²) in [5.41, 5.74) is 0. The van der Waals surface area contributed by atoms with Gasteiger partial charge >= 0.3 is 5.97 Å². The quantitative estimate of drug-likeness (QED) is 0.546. The van der Waals surface area contributed by atoms with Crippen LogP contribution < -0.4 is 5.32 Å². The van der Waals surface area contributed by atoms with E-state index in [1.165, 1.54) is 14.0 Å². The Kier molecular flexibility index (Phi) is 8.07. The first-order valence-corrected chi connectivity index (χ1v) is 6.55. The highest BCUT2D eigenvalue weighted by molar-refractivity contribution is 7.99. The molecule has 0 spiro atoms. The third-order valence-corrected chi connectivity index (χ3v) is 3.08. The van der Waals surface area contributed by atoms with Crippen LogP contribution in [0.15, 0.2) is 0 Å². The van der Waals surface area contributed by atoms with Crippen LogP contribution in [0, 0.1) is 5.92 Å². The van der Waals surface area contributed by atoms with Gasteiger partial charge in [-0.15, -0.1) is 0 Å². The molecule has 0 rings (SSSR count). The molecule has 1 atom stereocenters. The normalized spacial score (nSPS) is 12.3. The minimum atomic E-state index is -0.528. The molecule has 5 heteroatoms. The standard InChI is InChI=1S/C11H21NO3S/c1-8(2)5-6-16-7-10(11(14)15-4)12-9(3)13/h8,10H,5-7H2,1-4H3,(H,12,13).